The van der Waals surface area contributed by atoms with Crippen molar-refractivity contribution in [2.24, 2.45) is 5.92 Å². The predicted octanol–water partition coefficient (Wildman–Crippen LogP) is 4.48. The van der Waals surface area contributed by atoms with E-state index in [2.05, 4.69) is 48.3 Å². The number of nitrogens with zero attached hydrogens (tertiary/aromatic N) is 2. The molecule has 1 fully saturated rings. The fraction of sp³-hybridized carbons (Fsp3) is 0.824. The fourth-order valence-electron chi connectivity index (χ4n) is 3.37. The van der Waals surface area contributed by atoms with Crippen molar-refractivity contribution in [1.29, 1.82) is 0 Å². The van der Waals surface area contributed by atoms with Crippen molar-refractivity contribution in [3.05, 3.63) is 18.0 Å². The van der Waals surface area contributed by atoms with Gasteiger partial charge in [-0.05, 0) is 51.0 Å². The Morgan fingerprint density at radius 1 is 1.25 bits per heavy atom. The molecule has 20 heavy (non-hydrogen) atoms. The Kier molecular flexibility index (Phi) is 6.08. The maximum Gasteiger partial charge on any atom is 0.0537 e. The molecule has 1 aromatic rings. The molecule has 2 rings (SSSR count). The maximum absolute atomic E-state index is 4.64. The smallest absolute Gasteiger partial charge is 0.0537 e. The summed E-state index contributed by atoms with van der Waals surface area (Å²) in [5.74, 6) is 0.955. The summed E-state index contributed by atoms with van der Waals surface area (Å²) in [4.78, 5) is 0. The third-order valence-corrected chi connectivity index (χ3v) is 4.84. The first kappa shape index (κ1) is 15.6. The first-order valence-corrected chi connectivity index (χ1v) is 8.55. The monoisotopic (exact) mass is 277 g/mol. The van der Waals surface area contributed by atoms with Crippen molar-refractivity contribution in [2.45, 2.75) is 77.8 Å². The van der Waals surface area contributed by atoms with Crippen LogP contribution in [0.25, 0.3) is 0 Å². The highest BCUT2D eigenvalue weighted by atomic mass is 15.3. The van der Waals surface area contributed by atoms with Gasteiger partial charge < -0.3 is 5.32 Å². The van der Waals surface area contributed by atoms with Crippen molar-refractivity contribution in [1.82, 2.24) is 15.1 Å². The fourth-order valence-corrected chi connectivity index (χ4v) is 3.37. The molecule has 1 heterocycles. The summed E-state index contributed by atoms with van der Waals surface area (Å²) in [6, 6.07) is 1.10. The molecule has 0 saturated heterocycles. The van der Waals surface area contributed by atoms with E-state index in [9.17, 15) is 0 Å². The van der Waals surface area contributed by atoms with Crippen LogP contribution in [0.1, 0.15) is 83.4 Å². The first-order valence-electron chi connectivity index (χ1n) is 8.55. The molecule has 0 spiro atoms. The van der Waals surface area contributed by atoms with E-state index in [1.807, 2.05) is 0 Å². The van der Waals surface area contributed by atoms with Crippen LogP contribution in [0.5, 0.6) is 0 Å². The molecule has 0 radical (unpaired) electrons. The van der Waals surface area contributed by atoms with E-state index in [0.29, 0.717) is 12.1 Å². The van der Waals surface area contributed by atoms with Crippen molar-refractivity contribution in [3.8, 4) is 0 Å². The number of rotatable bonds is 7. The van der Waals surface area contributed by atoms with E-state index >= 15 is 0 Å². The molecule has 1 unspecified atom stereocenters. The third kappa shape index (κ3) is 3.85. The zero-order valence-corrected chi connectivity index (χ0v) is 13.4. The average molecular weight is 277 g/mol. The Morgan fingerprint density at radius 3 is 2.60 bits per heavy atom. The second kappa shape index (κ2) is 7.82. The molecule has 3 nitrogen and oxygen atoms in total. The first-order chi connectivity index (χ1) is 9.78. The summed E-state index contributed by atoms with van der Waals surface area (Å²) < 4.78 is 2.23. The SMILES string of the molecule is CCCNC(CC)c1cnn(C2CCC(CC)CC2)c1. The van der Waals surface area contributed by atoms with Gasteiger partial charge in [-0.25, -0.2) is 0 Å². The molecule has 0 aliphatic heterocycles. The van der Waals surface area contributed by atoms with E-state index in [4.69, 9.17) is 0 Å². The van der Waals surface area contributed by atoms with Crippen LogP contribution in [0, 0.1) is 5.92 Å². The van der Waals surface area contributed by atoms with Crippen molar-refractivity contribution in [3.63, 3.8) is 0 Å². The molecular weight excluding hydrogens is 246 g/mol. The summed E-state index contributed by atoms with van der Waals surface area (Å²) >= 11 is 0. The standard InChI is InChI=1S/C17H31N3/c1-4-11-18-17(6-3)15-12-19-20(13-15)16-9-7-14(5-2)8-10-16/h12-14,16-18H,4-11H2,1-3H3. The van der Waals surface area contributed by atoms with Crippen molar-refractivity contribution >= 4 is 0 Å². The molecule has 1 N–H and O–H groups in total. The number of aromatic nitrogens is 2. The minimum atomic E-state index is 0.468. The average Bonchev–Trinajstić information content (AvgIpc) is 2.98. The second-order valence-corrected chi connectivity index (χ2v) is 6.25. The summed E-state index contributed by atoms with van der Waals surface area (Å²) in [6.45, 7) is 7.87. The summed E-state index contributed by atoms with van der Waals surface area (Å²) in [5, 5.41) is 8.26. The van der Waals surface area contributed by atoms with Gasteiger partial charge >= 0.3 is 0 Å². The lowest BCUT2D eigenvalue weighted by Crippen LogP contribution is -2.21. The van der Waals surface area contributed by atoms with Gasteiger partial charge in [-0.3, -0.25) is 4.68 Å². The molecular formula is C17H31N3. The summed E-state index contributed by atoms with van der Waals surface area (Å²) in [5.41, 5.74) is 1.36. The van der Waals surface area contributed by atoms with Crippen LogP contribution in [-0.4, -0.2) is 16.3 Å². The van der Waals surface area contributed by atoms with Crippen LogP contribution in [0.15, 0.2) is 12.4 Å². The van der Waals surface area contributed by atoms with E-state index in [1.54, 1.807) is 0 Å². The topological polar surface area (TPSA) is 29.9 Å². The molecule has 1 aliphatic carbocycles. The van der Waals surface area contributed by atoms with E-state index in [0.717, 1.165) is 18.9 Å². The highest BCUT2D eigenvalue weighted by Crippen LogP contribution is 2.33. The van der Waals surface area contributed by atoms with Gasteiger partial charge in [0, 0.05) is 17.8 Å². The third-order valence-electron chi connectivity index (χ3n) is 4.84. The van der Waals surface area contributed by atoms with Gasteiger partial charge in [0.15, 0.2) is 0 Å². The second-order valence-electron chi connectivity index (χ2n) is 6.25. The normalized spacial score (nSPS) is 24.8. The zero-order chi connectivity index (χ0) is 14.4. The largest absolute Gasteiger partial charge is 0.310 e. The quantitative estimate of drug-likeness (QED) is 0.796. The van der Waals surface area contributed by atoms with Crippen LogP contribution < -0.4 is 5.32 Å². The minimum Gasteiger partial charge on any atom is -0.310 e. The molecule has 1 atom stereocenters. The van der Waals surface area contributed by atoms with Gasteiger partial charge in [0.1, 0.15) is 0 Å². The van der Waals surface area contributed by atoms with Crippen molar-refractivity contribution < 1.29 is 0 Å². The Bertz CT molecular complexity index is 377. The van der Waals surface area contributed by atoms with Gasteiger partial charge in [-0.1, -0.05) is 27.2 Å². The van der Waals surface area contributed by atoms with Crippen LogP contribution in [0.4, 0.5) is 0 Å². The van der Waals surface area contributed by atoms with E-state index in [-0.39, 0.29) is 0 Å². The van der Waals surface area contributed by atoms with E-state index in [1.165, 1.54) is 44.1 Å². The van der Waals surface area contributed by atoms with Crippen LogP contribution in [-0.2, 0) is 0 Å². The Labute approximate surface area is 124 Å². The summed E-state index contributed by atoms with van der Waals surface area (Å²) in [7, 11) is 0. The molecule has 3 heteroatoms. The molecule has 0 bridgehead atoms. The Balaban J connectivity index is 1.94. The van der Waals surface area contributed by atoms with Gasteiger partial charge in [0.25, 0.3) is 0 Å². The molecule has 0 amide bonds. The maximum atomic E-state index is 4.64. The van der Waals surface area contributed by atoms with Gasteiger partial charge in [-0.2, -0.15) is 5.10 Å². The number of hydrogen-bond acceptors (Lipinski definition) is 2. The van der Waals surface area contributed by atoms with Crippen LogP contribution >= 0.6 is 0 Å². The van der Waals surface area contributed by atoms with E-state index < -0.39 is 0 Å². The van der Waals surface area contributed by atoms with Gasteiger partial charge in [0.2, 0.25) is 0 Å². The Hall–Kier alpha value is -0.830. The zero-order valence-electron chi connectivity index (χ0n) is 13.4. The highest BCUT2D eigenvalue weighted by molar-refractivity contribution is 5.10. The molecule has 1 saturated carbocycles. The van der Waals surface area contributed by atoms with Crippen LogP contribution in [0.3, 0.4) is 0 Å². The number of hydrogen-bond donors (Lipinski definition) is 1. The number of nitrogens with one attached hydrogen (secondary N) is 1. The molecule has 1 aromatic heterocycles. The molecule has 114 valence electrons. The Morgan fingerprint density at radius 2 is 2.00 bits per heavy atom. The molecule has 0 aromatic carbocycles. The minimum absolute atomic E-state index is 0.468. The lowest BCUT2D eigenvalue weighted by Gasteiger charge is -2.28. The summed E-state index contributed by atoms with van der Waals surface area (Å²) in [6.07, 6.45) is 13.4. The van der Waals surface area contributed by atoms with Gasteiger partial charge in [0.05, 0.1) is 12.2 Å². The lowest BCUT2D eigenvalue weighted by molar-refractivity contribution is 0.256. The highest BCUT2D eigenvalue weighted by Gasteiger charge is 2.22. The van der Waals surface area contributed by atoms with Gasteiger partial charge in [-0.15, -0.1) is 0 Å². The predicted molar refractivity (Wildman–Crippen MR) is 84.8 cm³/mol. The van der Waals surface area contributed by atoms with Crippen LogP contribution in [0.2, 0.25) is 0 Å². The molecule has 1 aliphatic rings. The van der Waals surface area contributed by atoms with Crippen molar-refractivity contribution in [2.75, 3.05) is 6.54 Å². The lowest BCUT2D eigenvalue weighted by atomic mass is 9.85.